The van der Waals surface area contributed by atoms with Crippen molar-refractivity contribution in [2.24, 2.45) is 0 Å². The Morgan fingerprint density at radius 2 is 1.89 bits per heavy atom. The summed E-state index contributed by atoms with van der Waals surface area (Å²) in [6.45, 7) is 0. The molecule has 1 N–H and O–H groups in total. The van der Waals surface area contributed by atoms with Gasteiger partial charge < -0.3 is 0 Å². The molecule has 6 heteroatoms. The monoisotopic (exact) mass is 292 g/mol. The van der Waals surface area contributed by atoms with Crippen molar-refractivity contribution in [3.63, 3.8) is 0 Å². The molecule has 0 bridgehead atoms. The summed E-state index contributed by atoms with van der Waals surface area (Å²) in [6.07, 6.45) is 0. The van der Waals surface area contributed by atoms with E-state index in [4.69, 9.17) is 0 Å². The molecule has 0 aliphatic heterocycles. The number of rotatable bonds is 2. The molecule has 0 fully saturated rings. The van der Waals surface area contributed by atoms with Crippen molar-refractivity contribution in [1.82, 2.24) is 4.72 Å². The number of nitrogens with zero attached hydrogens (tertiary/aromatic N) is 1. The van der Waals surface area contributed by atoms with E-state index in [0.29, 0.717) is 4.88 Å². The highest BCUT2D eigenvalue weighted by atomic mass is 32.2. The van der Waals surface area contributed by atoms with E-state index < -0.39 is 0 Å². The van der Waals surface area contributed by atoms with E-state index in [1.807, 2.05) is 35.7 Å². The van der Waals surface area contributed by atoms with Gasteiger partial charge in [0.1, 0.15) is 0 Å². The number of para-hydroxylation sites is 1. The molecule has 2 rings (SSSR count). The Hall–Kier alpha value is -1.79. The predicted octanol–water partition coefficient (Wildman–Crippen LogP) is 3.38. The summed E-state index contributed by atoms with van der Waals surface area (Å²) in [5.41, 5.74) is 0.768. The number of nitrogens with one attached hydrogen (secondary N) is 1. The lowest BCUT2D eigenvalue weighted by molar-refractivity contribution is 0.109. The van der Waals surface area contributed by atoms with Crippen LogP contribution in [0.1, 0.15) is 9.67 Å². The molecule has 0 radical (unpaired) electrons. The maximum absolute atomic E-state index is 11.9. The number of amides is 2. The molecule has 1 aromatic carbocycles. The Morgan fingerprint density at radius 3 is 2.53 bits per heavy atom. The van der Waals surface area contributed by atoms with Crippen LogP contribution in [-0.2, 0) is 0 Å². The molecule has 19 heavy (non-hydrogen) atoms. The summed E-state index contributed by atoms with van der Waals surface area (Å²) in [5, 5.41) is 1.66. The number of carbonyl (C=O) groups is 2. The molecule has 1 heterocycles. The second-order valence-corrected chi connectivity index (χ2v) is 5.40. The van der Waals surface area contributed by atoms with Crippen LogP contribution in [-0.4, -0.2) is 18.2 Å². The molecule has 2 amide bonds. The van der Waals surface area contributed by atoms with Gasteiger partial charge in [-0.15, -0.1) is 11.3 Å². The number of urea groups is 1. The number of anilines is 1. The maximum atomic E-state index is 11.9. The van der Waals surface area contributed by atoms with E-state index in [0.717, 1.165) is 17.6 Å². The van der Waals surface area contributed by atoms with E-state index >= 15 is 0 Å². The lowest BCUT2D eigenvalue weighted by Gasteiger charge is -2.16. The lowest BCUT2D eigenvalue weighted by atomic mass is 10.3. The molecular weight excluding hydrogens is 280 g/mol. The van der Waals surface area contributed by atoms with Gasteiger partial charge in [0.05, 0.1) is 4.88 Å². The van der Waals surface area contributed by atoms with Gasteiger partial charge >= 0.3 is 6.03 Å². The summed E-state index contributed by atoms with van der Waals surface area (Å²) in [7, 11) is 1.65. The van der Waals surface area contributed by atoms with E-state index in [1.165, 1.54) is 16.2 Å². The van der Waals surface area contributed by atoms with Crippen molar-refractivity contribution in [3.05, 3.63) is 52.7 Å². The number of carbonyl (C=O) groups excluding carboxylic acids is 2. The second kappa shape index (κ2) is 6.40. The Kier molecular flexibility index (Phi) is 4.59. The Labute approximate surface area is 119 Å². The van der Waals surface area contributed by atoms with Crippen LogP contribution in [0, 0.1) is 0 Å². The summed E-state index contributed by atoms with van der Waals surface area (Å²) in [6, 6.07) is 12.4. The van der Waals surface area contributed by atoms with Crippen LogP contribution >= 0.6 is 23.3 Å². The second-order valence-electron chi connectivity index (χ2n) is 3.67. The van der Waals surface area contributed by atoms with Crippen molar-refractivity contribution in [3.8, 4) is 0 Å². The first-order valence-electron chi connectivity index (χ1n) is 5.52. The number of hydrogen-bond acceptors (Lipinski definition) is 4. The minimum Gasteiger partial charge on any atom is -0.297 e. The van der Waals surface area contributed by atoms with E-state index in [9.17, 15) is 9.59 Å². The largest absolute Gasteiger partial charge is 0.331 e. The molecular formula is C13H12N2O2S2. The first-order valence-corrected chi connectivity index (χ1v) is 7.21. The summed E-state index contributed by atoms with van der Waals surface area (Å²) in [4.78, 5) is 25.6. The van der Waals surface area contributed by atoms with Crippen molar-refractivity contribution >= 4 is 40.1 Å². The van der Waals surface area contributed by atoms with E-state index in [1.54, 1.807) is 19.2 Å². The molecule has 0 saturated carbocycles. The van der Waals surface area contributed by atoms with Crippen molar-refractivity contribution in [1.29, 1.82) is 0 Å². The first kappa shape index (κ1) is 13.6. The topological polar surface area (TPSA) is 49.4 Å². The van der Waals surface area contributed by atoms with Gasteiger partial charge in [0.2, 0.25) is 5.12 Å². The normalized spacial score (nSPS) is 9.95. The van der Waals surface area contributed by atoms with Crippen molar-refractivity contribution in [2.45, 2.75) is 0 Å². The summed E-state index contributed by atoms with van der Waals surface area (Å²) >= 11 is 2.15. The fraction of sp³-hybridized carbons (Fsp3) is 0.0769. The van der Waals surface area contributed by atoms with Gasteiger partial charge in [-0.2, -0.15) is 0 Å². The van der Waals surface area contributed by atoms with Crippen LogP contribution < -0.4 is 9.62 Å². The fourth-order valence-corrected chi connectivity index (χ4v) is 2.68. The molecule has 0 saturated heterocycles. The molecule has 0 spiro atoms. The average Bonchev–Trinajstić information content (AvgIpc) is 2.98. The number of benzene rings is 1. The zero-order valence-corrected chi connectivity index (χ0v) is 11.8. The predicted molar refractivity (Wildman–Crippen MR) is 79.6 cm³/mol. The van der Waals surface area contributed by atoms with E-state index in [2.05, 4.69) is 4.72 Å². The third-order valence-corrected chi connectivity index (χ3v) is 4.08. The van der Waals surface area contributed by atoms with Crippen LogP contribution in [0.25, 0.3) is 0 Å². The average molecular weight is 292 g/mol. The summed E-state index contributed by atoms with van der Waals surface area (Å²) in [5.74, 6) is 0. The maximum Gasteiger partial charge on any atom is 0.331 e. The SMILES string of the molecule is CN(C(=O)NSC(=O)c1cccs1)c1ccccc1. The van der Waals surface area contributed by atoms with Crippen LogP contribution in [0.5, 0.6) is 0 Å². The first-order chi connectivity index (χ1) is 9.18. The highest BCUT2D eigenvalue weighted by Gasteiger charge is 2.14. The van der Waals surface area contributed by atoms with Crippen molar-refractivity contribution < 1.29 is 9.59 Å². The minimum absolute atomic E-state index is 0.162. The minimum atomic E-state index is -0.332. The van der Waals surface area contributed by atoms with Gasteiger partial charge in [-0.1, -0.05) is 24.3 Å². The van der Waals surface area contributed by atoms with Gasteiger partial charge in [0.15, 0.2) is 0 Å². The number of hydrogen-bond donors (Lipinski definition) is 1. The summed E-state index contributed by atoms with van der Waals surface area (Å²) < 4.78 is 2.53. The Bertz CT molecular complexity index is 555. The third-order valence-electron chi connectivity index (χ3n) is 2.40. The van der Waals surface area contributed by atoms with Crippen LogP contribution in [0.3, 0.4) is 0 Å². The molecule has 0 aliphatic carbocycles. The van der Waals surface area contributed by atoms with Crippen LogP contribution in [0.15, 0.2) is 47.8 Å². The van der Waals surface area contributed by atoms with E-state index in [-0.39, 0.29) is 11.1 Å². The van der Waals surface area contributed by atoms with Gasteiger partial charge in [-0.25, -0.2) is 4.79 Å². The van der Waals surface area contributed by atoms with Gasteiger partial charge in [0.25, 0.3) is 0 Å². The van der Waals surface area contributed by atoms with Gasteiger partial charge in [0, 0.05) is 24.7 Å². The molecule has 0 aliphatic rings. The zero-order chi connectivity index (χ0) is 13.7. The van der Waals surface area contributed by atoms with Gasteiger partial charge in [-0.05, 0) is 23.6 Å². The highest BCUT2D eigenvalue weighted by Crippen LogP contribution is 2.16. The molecule has 98 valence electrons. The van der Waals surface area contributed by atoms with Crippen LogP contribution in [0.4, 0.5) is 10.5 Å². The van der Waals surface area contributed by atoms with Gasteiger partial charge in [-0.3, -0.25) is 14.4 Å². The molecule has 4 nitrogen and oxygen atoms in total. The quantitative estimate of drug-likeness (QED) is 0.863. The number of thiophene rings is 1. The molecule has 2 aromatic rings. The lowest BCUT2D eigenvalue weighted by Crippen LogP contribution is -2.34. The standard InChI is InChI=1S/C13H12N2O2S2/c1-15(10-6-3-2-4-7-10)13(17)14-19-12(16)11-8-5-9-18-11/h2-9H,1H3,(H,14,17). The highest BCUT2D eigenvalue weighted by molar-refractivity contribution is 8.13. The third kappa shape index (κ3) is 3.59. The van der Waals surface area contributed by atoms with Crippen molar-refractivity contribution in [2.75, 3.05) is 11.9 Å². The fourth-order valence-electron chi connectivity index (χ4n) is 1.37. The van der Waals surface area contributed by atoms with Crippen LogP contribution in [0.2, 0.25) is 0 Å². The molecule has 0 atom stereocenters. The zero-order valence-electron chi connectivity index (χ0n) is 10.2. The Morgan fingerprint density at radius 1 is 1.16 bits per heavy atom. The molecule has 1 aromatic heterocycles. The smallest absolute Gasteiger partial charge is 0.297 e. The molecule has 0 unspecified atom stereocenters. The Balaban J connectivity index is 1.90.